The molecule has 2 heterocycles. The lowest BCUT2D eigenvalue weighted by molar-refractivity contribution is -0.311. The molecular weight excluding hydrogens is 384 g/mol. The van der Waals surface area contributed by atoms with Gasteiger partial charge in [0.05, 0.1) is 18.1 Å². The number of aryl methyl sites for hydroxylation is 1. The average molecular weight is 406 g/mol. The van der Waals surface area contributed by atoms with E-state index >= 15 is 0 Å². The fourth-order valence-corrected chi connectivity index (χ4v) is 4.39. The van der Waals surface area contributed by atoms with Crippen LogP contribution in [0.3, 0.4) is 0 Å². The summed E-state index contributed by atoms with van der Waals surface area (Å²) in [4.78, 5) is 0.0301. The minimum atomic E-state index is -4.04. The third-order valence-electron chi connectivity index (χ3n) is 4.88. The number of ether oxygens (including phenoxy) is 3. The predicted molar refractivity (Wildman–Crippen MR) is 99.0 cm³/mol. The van der Waals surface area contributed by atoms with Crippen molar-refractivity contribution in [3.8, 4) is 0 Å². The van der Waals surface area contributed by atoms with Crippen molar-refractivity contribution in [2.45, 2.75) is 42.5 Å². The number of hydrogen-bond acceptors (Lipinski definition) is 7. The van der Waals surface area contributed by atoms with Crippen LogP contribution in [0.2, 0.25) is 0 Å². The highest BCUT2D eigenvalue weighted by atomic mass is 32.2. The van der Waals surface area contributed by atoms with Crippen LogP contribution in [0.25, 0.3) is 0 Å². The maximum Gasteiger partial charge on any atom is 0.297 e. The highest BCUT2D eigenvalue weighted by molar-refractivity contribution is 7.86. The quantitative estimate of drug-likeness (QED) is 0.776. The fraction of sp³-hybridized carbons (Fsp3) is 0.400. The zero-order valence-corrected chi connectivity index (χ0v) is 16.1. The number of rotatable bonds is 4. The molecule has 0 saturated carbocycles. The summed E-state index contributed by atoms with van der Waals surface area (Å²) in [5, 5.41) is 10.7. The van der Waals surface area contributed by atoms with E-state index in [9.17, 15) is 13.5 Å². The van der Waals surface area contributed by atoms with Crippen molar-refractivity contribution in [2.75, 3.05) is 13.2 Å². The third-order valence-corrected chi connectivity index (χ3v) is 6.23. The van der Waals surface area contributed by atoms with E-state index in [1.54, 1.807) is 12.1 Å². The van der Waals surface area contributed by atoms with Crippen LogP contribution >= 0.6 is 0 Å². The van der Waals surface area contributed by atoms with Crippen molar-refractivity contribution in [1.29, 1.82) is 0 Å². The van der Waals surface area contributed by atoms with E-state index in [0.717, 1.165) is 11.1 Å². The zero-order chi connectivity index (χ0) is 19.7. The van der Waals surface area contributed by atoms with Crippen LogP contribution in [0.5, 0.6) is 0 Å². The van der Waals surface area contributed by atoms with Crippen LogP contribution in [-0.4, -0.2) is 51.2 Å². The Kier molecular flexibility index (Phi) is 5.50. The molecule has 0 bridgehead atoms. The fourth-order valence-electron chi connectivity index (χ4n) is 3.31. The molecule has 28 heavy (non-hydrogen) atoms. The molecular formula is C20H22O7S. The minimum absolute atomic E-state index is 0.0301. The minimum Gasteiger partial charge on any atom is -0.387 e. The molecule has 2 saturated heterocycles. The second-order valence-corrected chi connectivity index (χ2v) is 8.51. The van der Waals surface area contributed by atoms with Gasteiger partial charge in [0.1, 0.15) is 24.4 Å². The molecule has 2 aliphatic heterocycles. The van der Waals surface area contributed by atoms with Crippen molar-refractivity contribution in [3.05, 3.63) is 65.7 Å². The van der Waals surface area contributed by atoms with Gasteiger partial charge in [-0.25, -0.2) is 0 Å². The molecule has 0 spiro atoms. The summed E-state index contributed by atoms with van der Waals surface area (Å²) in [7, 11) is -4.04. The molecule has 0 radical (unpaired) electrons. The summed E-state index contributed by atoms with van der Waals surface area (Å²) >= 11 is 0. The second-order valence-electron chi connectivity index (χ2n) is 6.94. The van der Waals surface area contributed by atoms with Gasteiger partial charge in [-0.3, -0.25) is 4.18 Å². The third kappa shape index (κ3) is 3.98. The molecule has 2 fully saturated rings. The molecule has 2 aromatic rings. The molecule has 1 N–H and O–H groups in total. The standard InChI is InChI=1S/C20H22O7S/c1-13-7-9-15(10-8-13)28(22,23)27-16-11-24-17-12-25-20(26-19(17)18(16)21)14-5-3-2-4-6-14/h2-10,16-21H,11-12H2,1H3/t16-,17+,18-,19+,20?/m0/s1. The van der Waals surface area contributed by atoms with Gasteiger partial charge in [-0.05, 0) is 19.1 Å². The lowest BCUT2D eigenvalue weighted by Crippen LogP contribution is -2.59. The molecule has 0 aliphatic carbocycles. The summed E-state index contributed by atoms with van der Waals surface area (Å²) in [5.41, 5.74) is 1.74. The van der Waals surface area contributed by atoms with E-state index in [0.29, 0.717) is 0 Å². The van der Waals surface area contributed by atoms with Crippen LogP contribution in [-0.2, 0) is 28.5 Å². The first-order valence-electron chi connectivity index (χ1n) is 9.06. The Morgan fingerprint density at radius 1 is 1.00 bits per heavy atom. The smallest absolute Gasteiger partial charge is 0.297 e. The highest BCUT2D eigenvalue weighted by Crippen LogP contribution is 2.33. The number of hydrogen-bond donors (Lipinski definition) is 1. The maximum absolute atomic E-state index is 12.5. The van der Waals surface area contributed by atoms with Crippen LogP contribution in [0.15, 0.2) is 59.5 Å². The topological polar surface area (TPSA) is 91.3 Å². The SMILES string of the molecule is Cc1ccc(S(=O)(=O)O[C@H]2CO[C@@H]3COC(c4ccccc4)O[C@H]3[C@H]2O)cc1. The van der Waals surface area contributed by atoms with Crippen LogP contribution in [0.4, 0.5) is 0 Å². The van der Waals surface area contributed by atoms with E-state index in [-0.39, 0.29) is 18.1 Å². The van der Waals surface area contributed by atoms with Crippen LogP contribution in [0, 0.1) is 6.92 Å². The molecule has 0 amide bonds. The maximum atomic E-state index is 12.5. The van der Waals surface area contributed by atoms with Gasteiger partial charge in [-0.15, -0.1) is 0 Å². The Morgan fingerprint density at radius 2 is 1.71 bits per heavy atom. The van der Waals surface area contributed by atoms with E-state index < -0.39 is 40.8 Å². The van der Waals surface area contributed by atoms with Crippen LogP contribution < -0.4 is 0 Å². The molecule has 0 aromatic heterocycles. The molecule has 2 aliphatic rings. The largest absolute Gasteiger partial charge is 0.387 e. The highest BCUT2D eigenvalue weighted by Gasteiger charge is 2.47. The molecule has 2 aromatic carbocycles. The van der Waals surface area contributed by atoms with Crippen molar-refractivity contribution in [2.24, 2.45) is 0 Å². The monoisotopic (exact) mass is 406 g/mol. The Bertz CT molecular complexity index is 898. The first-order chi connectivity index (χ1) is 13.4. The number of aliphatic hydroxyl groups is 1. The first-order valence-corrected chi connectivity index (χ1v) is 10.5. The zero-order valence-electron chi connectivity index (χ0n) is 15.3. The molecule has 4 rings (SSSR count). The van der Waals surface area contributed by atoms with Gasteiger partial charge in [0.15, 0.2) is 6.29 Å². The van der Waals surface area contributed by atoms with Gasteiger partial charge in [0.2, 0.25) is 0 Å². The number of benzene rings is 2. The van der Waals surface area contributed by atoms with Crippen molar-refractivity contribution in [3.63, 3.8) is 0 Å². The number of fused-ring (bicyclic) bond motifs is 1. The molecule has 5 atom stereocenters. The van der Waals surface area contributed by atoms with Gasteiger partial charge in [-0.1, -0.05) is 48.0 Å². The van der Waals surface area contributed by atoms with E-state index in [1.807, 2.05) is 37.3 Å². The molecule has 150 valence electrons. The second kappa shape index (κ2) is 7.90. The average Bonchev–Trinajstić information content (AvgIpc) is 2.71. The normalized spacial score (nSPS) is 30.6. The van der Waals surface area contributed by atoms with Crippen molar-refractivity contribution >= 4 is 10.1 Å². The summed E-state index contributed by atoms with van der Waals surface area (Å²) in [6.45, 7) is 2.02. The summed E-state index contributed by atoms with van der Waals surface area (Å²) in [6, 6.07) is 15.6. The first kappa shape index (κ1) is 19.5. The Hall–Kier alpha value is -1.81. The van der Waals surface area contributed by atoms with Crippen LogP contribution in [0.1, 0.15) is 17.4 Å². The van der Waals surface area contributed by atoms with Gasteiger partial charge in [-0.2, -0.15) is 8.42 Å². The lowest BCUT2D eigenvalue weighted by Gasteiger charge is -2.44. The lowest BCUT2D eigenvalue weighted by atomic mass is 9.99. The van der Waals surface area contributed by atoms with Crippen molar-refractivity contribution < 1.29 is 31.9 Å². The number of aliphatic hydroxyl groups excluding tert-OH is 1. The van der Waals surface area contributed by atoms with Crippen molar-refractivity contribution in [1.82, 2.24) is 0 Å². The summed E-state index contributed by atoms with van der Waals surface area (Å²) in [6.07, 6.45) is -4.15. The molecule has 8 heteroatoms. The molecule has 1 unspecified atom stereocenters. The summed E-state index contributed by atoms with van der Waals surface area (Å²) < 4.78 is 47.6. The predicted octanol–water partition coefficient (Wildman–Crippen LogP) is 1.94. The molecule has 7 nitrogen and oxygen atoms in total. The van der Waals surface area contributed by atoms with Gasteiger partial charge < -0.3 is 19.3 Å². The Morgan fingerprint density at radius 3 is 2.43 bits per heavy atom. The van der Waals surface area contributed by atoms with E-state index in [1.165, 1.54) is 12.1 Å². The Labute approximate surface area is 163 Å². The van der Waals surface area contributed by atoms with Gasteiger partial charge >= 0.3 is 0 Å². The van der Waals surface area contributed by atoms with Gasteiger partial charge in [0.25, 0.3) is 10.1 Å². The van der Waals surface area contributed by atoms with E-state index in [4.69, 9.17) is 18.4 Å². The summed E-state index contributed by atoms with van der Waals surface area (Å²) in [5.74, 6) is 0. The van der Waals surface area contributed by atoms with E-state index in [2.05, 4.69) is 0 Å². The van der Waals surface area contributed by atoms with Gasteiger partial charge in [0, 0.05) is 5.56 Å². The Balaban J connectivity index is 1.48.